The lowest BCUT2D eigenvalue weighted by molar-refractivity contribution is -0.139. The van der Waals surface area contributed by atoms with Crippen molar-refractivity contribution in [3.05, 3.63) is 35.8 Å². The SMILES string of the molecule is CCOC(=O)CSc1nnc(CSc2c(C)[nH]c3ccccc23)n1C. The molecule has 25 heavy (non-hydrogen) atoms. The first-order valence-electron chi connectivity index (χ1n) is 7.97. The summed E-state index contributed by atoms with van der Waals surface area (Å²) in [6.45, 7) is 4.27. The molecule has 0 unspecified atom stereocenters. The second-order valence-corrected chi connectivity index (χ2v) is 7.39. The summed E-state index contributed by atoms with van der Waals surface area (Å²) in [5, 5.41) is 10.4. The van der Waals surface area contributed by atoms with Crippen LogP contribution in [0, 0.1) is 6.92 Å². The van der Waals surface area contributed by atoms with Gasteiger partial charge in [0.2, 0.25) is 0 Å². The number of fused-ring (bicyclic) bond motifs is 1. The number of nitrogens with one attached hydrogen (secondary N) is 1. The Morgan fingerprint density at radius 1 is 1.28 bits per heavy atom. The molecule has 8 heteroatoms. The Bertz CT molecular complexity index is 888. The number of para-hydroxylation sites is 1. The third-order valence-corrected chi connectivity index (χ3v) is 5.94. The monoisotopic (exact) mass is 376 g/mol. The van der Waals surface area contributed by atoms with Crippen LogP contribution in [-0.4, -0.2) is 38.1 Å². The molecular weight excluding hydrogens is 356 g/mol. The van der Waals surface area contributed by atoms with Crippen LogP contribution < -0.4 is 0 Å². The molecule has 0 aliphatic rings. The zero-order valence-electron chi connectivity index (χ0n) is 14.4. The molecule has 1 N–H and O–H groups in total. The number of hydrogen-bond acceptors (Lipinski definition) is 6. The maximum atomic E-state index is 11.5. The molecule has 0 saturated heterocycles. The zero-order valence-corrected chi connectivity index (χ0v) is 16.0. The first kappa shape index (κ1) is 17.9. The molecule has 3 aromatic rings. The summed E-state index contributed by atoms with van der Waals surface area (Å²) in [4.78, 5) is 16.1. The molecule has 0 aliphatic heterocycles. The van der Waals surface area contributed by atoms with Gasteiger partial charge in [-0.3, -0.25) is 4.79 Å². The van der Waals surface area contributed by atoms with Crippen LogP contribution in [0.2, 0.25) is 0 Å². The van der Waals surface area contributed by atoms with Gasteiger partial charge in [0.1, 0.15) is 5.82 Å². The normalized spacial score (nSPS) is 11.2. The fourth-order valence-corrected chi connectivity index (χ4v) is 4.35. The number of hydrogen-bond donors (Lipinski definition) is 1. The molecule has 132 valence electrons. The Morgan fingerprint density at radius 3 is 2.88 bits per heavy atom. The van der Waals surface area contributed by atoms with Crippen LogP contribution in [0.25, 0.3) is 10.9 Å². The molecule has 0 fully saturated rings. The van der Waals surface area contributed by atoms with E-state index in [0.717, 1.165) is 22.2 Å². The van der Waals surface area contributed by atoms with Crippen LogP contribution in [0.3, 0.4) is 0 Å². The number of rotatable bonds is 7. The van der Waals surface area contributed by atoms with E-state index in [9.17, 15) is 4.79 Å². The zero-order chi connectivity index (χ0) is 17.8. The van der Waals surface area contributed by atoms with E-state index in [-0.39, 0.29) is 11.7 Å². The predicted molar refractivity (Wildman–Crippen MR) is 101 cm³/mol. The summed E-state index contributed by atoms with van der Waals surface area (Å²) >= 11 is 3.09. The molecule has 0 bridgehead atoms. The lowest BCUT2D eigenvalue weighted by Gasteiger charge is -2.04. The van der Waals surface area contributed by atoms with Crippen molar-refractivity contribution in [2.45, 2.75) is 29.7 Å². The Labute approximate surface area is 154 Å². The van der Waals surface area contributed by atoms with Crippen LogP contribution in [0.15, 0.2) is 34.3 Å². The Morgan fingerprint density at radius 2 is 2.08 bits per heavy atom. The second kappa shape index (κ2) is 7.97. The summed E-state index contributed by atoms with van der Waals surface area (Å²) in [5.74, 6) is 1.60. The van der Waals surface area contributed by atoms with Gasteiger partial charge in [-0.05, 0) is 19.9 Å². The van der Waals surface area contributed by atoms with E-state index in [4.69, 9.17) is 4.74 Å². The van der Waals surface area contributed by atoms with Gasteiger partial charge in [0.15, 0.2) is 5.16 Å². The van der Waals surface area contributed by atoms with Crippen molar-refractivity contribution in [3.63, 3.8) is 0 Å². The number of carbonyl (C=O) groups excluding carboxylic acids is 1. The maximum absolute atomic E-state index is 11.5. The van der Waals surface area contributed by atoms with Gasteiger partial charge in [-0.25, -0.2) is 0 Å². The summed E-state index contributed by atoms with van der Waals surface area (Å²) < 4.78 is 6.87. The molecule has 0 amide bonds. The molecule has 0 saturated carbocycles. The number of aryl methyl sites for hydroxylation is 1. The molecule has 3 rings (SSSR count). The van der Waals surface area contributed by atoms with Gasteiger partial charge in [0, 0.05) is 28.5 Å². The standard InChI is InChI=1S/C17H20N4O2S2/c1-4-23-15(22)10-25-17-20-19-14(21(17)3)9-24-16-11(2)18-13-8-6-5-7-12(13)16/h5-8,18H,4,9-10H2,1-3H3. The molecule has 0 atom stereocenters. The Balaban J connectivity index is 1.67. The summed E-state index contributed by atoms with van der Waals surface area (Å²) in [6, 6.07) is 8.28. The fourth-order valence-electron chi connectivity index (χ4n) is 2.50. The quantitative estimate of drug-likeness (QED) is 0.502. The van der Waals surface area contributed by atoms with Gasteiger partial charge >= 0.3 is 5.97 Å². The molecule has 0 aliphatic carbocycles. The molecule has 0 radical (unpaired) electrons. The first-order chi connectivity index (χ1) is 12.1. The van der Waals surface area contributed by atoms with E-state index >= 15 is 0 Å². The van der Waals surface area contributed by atoms with Crippen LogP contribution in [0.4, 0.5) is 0 Å². The first-order valence-corrected chi connectivity index (χ1v) is 9.94. The minimum absolute atomic E-state index is 0.235. The van der Waals surface area contributed by atoms with Crippen molar-refractivity contribution in [3.8, 4) is 0 Å². The number of nitrogens with zero attached hydrogens (tertiary/aromatic N) is 3. The number of aromatic amines is 1. The topological polar surface area (TPSA) is 72.8 Å². The number of carbonyl (C=O) groups is 1. The summed E-state index contributed by atoms with van der Waals surface area (Å²) in [5.41, 5.74) is 2.30. The molecule has 6 nitrogen and oxygen atoms in total. The van der Waals surface area contributed by atoms with Gasteiger partial charge < -0.3 is 14.3 Å². The molecule has 1 aromatic carbocycles. The van der Waals surface area contributed by atoms with Crippen LogP contribution in [0.1, 0.15) is 18.4 Å². The third-order valence-electron chi connectivity index (χ3n) is 3.73. The average molecular weight is 377 g/mol. The van der Waals surface area contributed by atoms with Gasteiger partial charge in [0.25, 0.3) is 0 Å². The van der Waals surface area contributed by atoms with Crippen molar-refractivity contribution in [1.82, 2.24) is 19.7 Å². The minimum atomic E-state index is -0.235. The summed E-state index contributed by atoms with van der Waals surface area (Å²) in [7, 11) is 1.92. The molecule has 0 spiro atoms. The van der Waals surface area contributed by atoms with Crippen LogP contribution in [0.5, 0.6) is 0 Å². The largest absolute Gasteiger partial charge is 0.465 e. The van der Waals surface area contributed by atoms with Gasteiger partial charge in [-0.2, -0.15) is 0 Å². The van der Waals surface area contributed by atoms with E-state index < -0.39 is 0 Å². The summed E-state index contributed by atoms with van der Waals surface area (Å²) in [6.07, 6.45) is 0. The minimum Gasteiger partial charge on any atom is -0.465 e. The lowest BCUT2D eigenvalue weighted by Crippen LogP contribution is -2.07. The van der Waals surface area contributed by atoms with Crippen LogP contribution in [-0.2, 0) is 22.3 Å². The van der Waals surface area contributed by atoms with Crippen LogP contribution >= 0.6 is 23.5 Å². The molecule has 2 aromatic heterocycles. The van der Waals surface area contributed by atoms with Crippen molar-refractivity contribution in [2.75, 3.05) is 12.4 Å². The van der Waals surface area contributed by atoms with E-state index in [1.807, 2.05) is 23.7 Å². The highest BCUT2D eigenvalue weighted by molar-refractivity contribution is 7.99. The lowest BCUT2D eigenvalue weighted by atomic mass is 10.2. The highest BCUT2D eigenvalue weighted by Crippen LogP contribution is 2.33. The molecule has 2 heterocycles. The smallest absolute Gasteiger partial charge is 0.316 e. The van der Waals surface area contributed by atoms with Gasteiger partial charge in [-0.15, -0.1) is 22.0 Å². The van der Waals surface area contributed by atoms with Crippen molar-refractivity contribution in [2.24, 2.45) is 7.05 Å². The Hall–Kier alpha value is -1.93. The maximum Gasteiger partial charge on any atom is 0.316 e. The molecular formula is C17H20N4O2S2. The van der Waals surface area contributed by atoms with Gasteiger partial charge in [0.05, 0.1) is 18.1 Å². The fraction of sp³-hybridized carbons (Fsp3) is 0.353. The highest BCUT2D eigenvalue weighted by Gasteiger charge is 2.14. The highest BCUT2D eigenvalue weighted by atomic mass is 32.2. The second-order valence-electron chi connectivity index (χ2n) is 5.46. The number of aromatic nitrogens is 4. The van der Waals surface area contributed by atoms with Crippen molar-refractivity contribution in [1.29, 1.82) is 0 Å². The van der Waals surface area contributed by atoms with E-state index in [2.05, 4.69) is 34.2 Å². The van der Waals surface area contributed by atoms with Crippen molar-refractivity contribution >= 4 is 40.4 Å². The van der Waals surface area contributed by atoms with E-state index in [0.29, 0.717) is 12.4 Å². The average Bonchev–Trinajstić information content (AvgIpc) is 3.11. The number of H-pyrrole nitrogens is 1. The third kappa shape index (κ3) is 4.01. The van der Waals surface area contributed by atoms with E-state index in [1.54, 1.807) is 18.7 Å². The predicted octanol–water partition coefficient (Wildman–Crippen LogP) is 3.55. The van der Waals surface area contributed by atoms with Gasteiger partial charge in [-0.1, -0.05) is 30.0 Å². The van der Waals surface area contributed by atoms with Crippen molar-refractivity contribution < 1.29 is 9.53 Å². The number of esters is 1. The number of ether oxygens (including phenoxy) is 1. The number of benzene rings is 1. The number of thioether (sulfide) groups is 2. The van der Waals surface area contributed by atoms with E-state index in [1.165, 1.54) is 22.0 Å². The Kier molecular flexibility index (Phi) is 5.70.